The molecule has 106 valence electrons. The van der Waals surface area contributed by atoms with E-state index in [1.165, 1.54) is 6.20 Å². The highest BCUT2D eigenvalue weighted by molar-refractivity contribution is 5.97. The second-order valence-corrected chi connectivity index (χ2v) is 4.77. The van der Waals surface area contributed by atoms with Gasteiger partial charge in [0.05, 0.1) is 24.0 Å². The van der Waals surface area contributed by atoms with Gasteiger partial charge in [-0.25, -0.2) is 0 Å². The van der Waals surface area contributed by atoms with Crippen molar-refractivity contribution >= 4 is 11.6 Å². The summed E-state index contributed by atoms with van der Waals surface area (Å²) in [5, 5.41) is 16.5. The van der Waals surface area contributed by atoms with Crippen LogP contribution in [0.15, 0.2) is 6.20 Å². The zero-order valence-corrected chi connectivity index (χ0v) is 11.1. The van der Waals surface area contributed by atoms with Crippen LogP contribution in [-0.2, 0) is 11.3 Å². The number of amides is 1. The zero-order chi connectivity index (χ0) is 13.9. The first-order valence-electron chi connectivity index (χ1n) is 6.44. The number of nitrogen functional groups attached to an aromatic ring is 1. The van der Waals surface area contributed by atoms with Gasteiger partial charge in [0.1, 0.15) is 5.69 Å². The number of hydrogen-bond acceptors (Lipinski definition) is 5. The number of carbonyl (C=O) groups is 1. The number of nitrogens with zero attached hydrogens (tertiary/aromatic N) is 2. The smallest absolute Gasteiger partial charge is 0.272 e. The molecular formula is C12H20N4O3. The van der Waals surface area contributed by atoms with E-state index < -0.39 is 5.54 Å². The molecule has 7 nitrogen and oxygen atoms in total. The van der Waals surface area contributed by atoms with Crippen molar-refractivity contribution in [2.24, 2.45) is 0 Å². The van der Waals surface area contributed by atoms with Crippen LogP contribution in [0.2, 0.25) is 0 Å². The summed E-state index contributed by atoms with van der Waals surface area (Å²) in [5.74, 6) is -0.298. The van der Waals surface area contributed by atoms with Crippen LogP contribution >= 0.6 is 0 Å². The molecule has 1 aliphatic rings. The summed E-state index contributed by atoms with van der Waals surface area (Å²) in [6.45, 7) is 3.41. The summed E-state index contributed by atoms with van der Waals surface area (Å²) in [5.41, 5.74) is 5.85. The van der Waals surface area contributed by atoms with Gasteiger partial charge in [-0.15, -0.1) is 0 Å². The first kappa shape index (κ1) is 13.8. The minimum Gasteiger partial charge on any atom is -0.396 e. The number of rotatable bonds is 4. The second-order valence-electron chi connectivity index (χ2n) is 4.77. The molecule has 0 radical (unpaired) electrons. The third-order valence-electron chi connectivity index (χ3n) is 3.51. The van der Waals surface area contributed by atoms with E-state index >= 15 is 0 Å². The molecule has 4 N–H and O–H groups in total. The van der Waals surface area contributed by atoms with E-state index in [9.17, 15) is 9.90 Å². The third-order valence-corrected chi connectivity index (χ3v) is 3.51. The number of aromatic nitrogens is 2. The van der Waals surface area contributed by atoms with Crippen LogP contribution in [0.4, 0.5) is 5.69 Å². The Kier molecular flexibility index (Phi) is 4.06. The molecule has 1 aromatic heterocycles. The van der Waals surface area contributed by atoms with Gasteiger partial charge in [0.15, 0.2) is 0 Å². The molecule has 0 spiro atoms. The zero-order valence-electron chi connectivity index (χ0n) is 11.1. The number of aliphatic hydroxyl groups is 1. The van der Waals surface area contributed by atoms with Gasteiger partial charge >= 0.3 is 0 Å². The second kappa shape index (κ2) is 5.58. The Bertz CT molecular complexity index is 452. The van der Waals surface area contributed by atoms with E-state index in [1.807, 2.05) is 6.92 Å². The summed E-state index contributed by atoms with van der Waals surface area (Å²) in [6.07, 6.45) is 2.65. The van der Waals surface area contributed by atoms with Gasteiger partial charge in [-0.3, -0.25) is 9.48 Å². The molecule has 0 saturated carbocycles. The number of hydrogen-bond donors (Lipinski definition) is 3. The van der Waals surface area contributed by atoms with E-state index in [-0.39, 0.29) is 12.5 Å². The fourth-order valence-corrected chi connectivity index (χ4v) is 2.27. The number of aryl methyl sites for hydroxylation is 1. The van der Waals surface area contributed by atoms with Crippen LogP contribution < -0.4 is 11.1 Å². The number of nitrogens with one attached hydrogen (secondary N) is 1. The molecule has 2 rings (SSSR count). The molecule has 1 fully saturated rings. The number of ether oxygens (including phenoxy) is 1. The molecule has 0 aromatic carbocycles. The lowest BCUT2D eigenvalue weighted by Crippen LogP contribution is -2.55. The Hall–Kier alpha value is -1.60. The highest BCUT2D eigenvalue weighted by Crippen LogP contribution is 2.21. The Morgan fingerprint density at radius 2 is 2.32 bits per heavy atom. The predicted octanol–water partition coefficient (Wildman–Crippen LogP) is -0.243. The Labute approximate surface area is 111 Å². The topological polar surface area (TPSA) is 102 Å². The monoisotopic (exact) mass is 268 g/mol. The molecule has 1 aromatic rings. The maximum absolute atomic E-state index is 12.3. The van der Waals surface area contributed by atoms with Crippen LogP contribution in [-0.4, -0.2) is 46.2 Å². The minimum atomic E-state index is -0.620. The fraction of sp³-hybridized carbons (Fsp3) is 0.667. The Morgan fingerprint density at radius 1 is 1.63 bits per heavy atom. The fourth-order valence-electron chi connectivity index (χ4n) is 2.27. The maximum Gasteiger partial charge on any atom is 0.272 e. The average Bonchev–Trinajstić information content (AvgIpc) is 2.81. The molecule has 0 atom stereocenters. The molecule has 1 amide bonds. The van der Waals surface area contributed by atoms with Crippen LogP contribution in [0.1, 0.15) is 30.3 Å². The van der Waals surface area contributed by atoms with Crippen LogP contribution in [0.3, 0.4) is 0 Å². The van der Waals surface area contributed by atoms with Crippen molar-refractivity contribution < 1.29 is 14.6 Å². The Morgan fingerprint density at radius 3 is 2.89 bits per heavy atom. The summed E-state index contributed by atoms with van der Waals surface area (Å²) in [4.78, 5) is 12.3. The van der Waals surface area contributed by atoms with Crippen LogP contribution in [0.25, 0.3) is 0 Å². The van der Waals surface area contributed by atoms with E-state index in [0.29, 0.717) is 44.0 Å². The number of anilines is 1. The lowest BCUT2D eigenvalue weighted by Gasteiger charge is -2.36. The van der Waals surface area contributed by atoms with Gasteiger partial charge in [0.2, 0.25) is 0 Å². The largest absolute Gasteiger partial charge is 0.396 e. The van der Waals surface area contributed by atoms with E-state index in [2.05, 4.69) is 10.4 Å². The number of carbonyl (C=O) groups excluding carboxylic acids is 1. The molecule has 2 heterocycles. The first-order valence-corrected chi connectivity index (χ1v) is 6.44. The quantitative estimate of drug-likeness (QED) is 0.699. The molecule has 0 bridgehead atoms. The first-order chi connectivity index (χ1) is 9.12. The van der Waals surface area contributed by atoms with Gasteiger partial charge in [-0.05, 0) is 19.8 Å². The molecule has 1 aliphatic heterocycles. The maximum atomic E-state index is 12.3. The minimum absolute atomic E-state index is 0.109. The van der Waals surface area contributed by atoms with Crippen molar-refractivity contribution in [1.29, 1.82) is 0 Å². The number of aliphatic hydroxyl groups excluding tert-OH is 1. The molecule has 0 unspecified atom stereocenters. The summed E-state index contributed by atoms with van der Waals surface area (Å²) >= 11 is 0. The summed E-state index contributed by atoms with van der Waals surface area (Å²) in [7, 11) is 0. The molecule has 0 aliphatic carbocycles. The van der Waals surface area contributed by atoms with Crippen molar-refractivity contribution in [3.05, 3.63) is 11.9 Å². The van der Waals surface area contributed by atoms with Crippen molar-refractivity contribution in [1.82, 2.24) is 15.1 Å². The molecule has 7 heteroatoms. The van der Waals surface area contributed by atoms with Crippen molar-refractivity contribution in [3.8, 4) is 0 Å². The van der Waals surface area contributed by atoms with Gasteiger partial charge in [0, 0.05) is 19.8 Å². The SMILES string of the molecule is CCn1ncc(N)c1C(=O)NC1(CO)CCOCC1. The normalized spacial score (nSPS) is 18.2. The van der Waals surface area contributed by atoms with E-state index in [0.717, 1.165) is 0 Å². The van der Waals surface area contributed by atoms with Crippen LogP contribution in [0.5, 0.6) is 0 Å². The predicted molar refractivity (Wildman–Crippen MR) is 69.6 cm³/mol. The Balaban J connectivity index is 2.17. The highest BCUT2D eigenvalue weighted by Gasteiger charge is 2.34. The summed E-state index contributed by atoms with van der Waals surface area (Å²) in [6, 6.07) is 0. The van der Waals surface area contributed by atoms with Crippen LogP contribution in [0, 0.1) is 0 Å². The molecule has 19 heavy (non-hydrogen) atoms. The van der Waals surface area contributed by atoms with Gasteiger partial charge < -0.3 is 20.9 Å². The molecular weight excluding hydrogens is 248 g/mol. The van der Waals surface area contributed by atoms with Crippen molar-refractivity contribution in [3.63, 3.8) is 0 Å². The van der Waals surface area contributed by atoms with Crippen molar-refractivity contribution in [2.75, 3.05) is 25.6 Å². The summed E-state index contributed by atoms with van der Waals surface area (Å²) < 4.78 is 6.81. The van der Waals surface area contributed by atoms with Gasteiger partial charge in [-0.1, -0.05) is 0 Å². The highest BCUT2D eigenvalue weighted by atomic mass is 16.5. The molecule has 1 saturated heterocycles. The standard InChI is InChI=1S/C12H20N4O3/c1-2-16-10(9(13)7-14-16)11(18)15-12(8-17)3-5-19-6-4-12/h7,17H,2-6,8,13H2,1H3,(H,15,18). The van der Waals surface area contributed by atoms with E-state index in [4.69, 9.17) is 10.5 Å². The average molecular weight is 268 g/mol. The lowest BCUT2D eigenvalue weighted by molar-refractivity contribution is 0.0123. The lowest BCUT2D eigenvalue weighted by atomic mass is 9.91. The van der Waals surface area contributed by atoms with E-state index in [1.54, 1.807) is 4.68 Å². The van der Waals surface area contributed by atoms with Gasteiger partial charge in [0.25, 0.3) is 5.91 Å². The van der Waals surface area contributed by atoms with Gasteiger partial charge in [-0.2, -0.15) is 5.10 Å². The third kappa shape index (κ3) is 2.71. The number of nitrogens with two attached hydrogens (primary N) is 1. The van der Waals surface area contributed by atoms with Crippen molar-refractivity contribution in [2.45, 2.75) is 31.8 Å².